The fraction of sp³-hybridized carbons (Fsp3) is 0.294. The number of halogens is 1. The van der Waals surface area contributed by atoms with Crippen molar-refractivity contribution in [1.29, 1.82) is 0 Å². The largest absolute Gasteiger partial charge is 0.305 e. The standard InChI is InChI=1S/C17H18BrN3S2/c1-4-14-11(2)22-10-15(14)16-19-20-17(21(16)3)23-9-12-6-5-7-13(18)8-12/h5-8,10H,4,9H2,1-3H3. The number of aromatic nitrogens is 3. The number of nitrogens with zero attached hydrogens (tertiary/aromatic N) is 3. The lowest BCUT2D eigenvalue weighted by Gasteiger charge is -2.05. The van der Waals surface area contributed by atoms with Crippen molar-refractivity contribution in [3.8, 4) is 11.4 Å². The molecule has 0 aliphatic rings. The van der Waals surface area contributed by atoms with Crippen molar-refractivity contribution in [3.63, 3.8) is 0 Å². The van der Waals surface area contributed by atoms with E-state index in [-0.39, 0.29) is 0 Å². The second-order valence-corrected chi connectivity index (χ2v) is 8.26. The third kappa shape index (κ3) is 3.54. The molecule has 2 aromatic heterocycles. The molecule has 0 saturated carbocycles. The number of thiophene rings is 1. The highest BCUT2D eigenvalue weighted by molar-refractivity contribution is 9.10. The van der Waals surface area contributed by atoms with Gasteiger partial charge in [0.2, 0.25) is 0 Å². The second kappa shape index (κ2) is 7.20. The molecule has 0 unspecified atom stereocenters. The molecule has 0 aliphatic heterocycles. The van der Waals surface area contributed by atoms with Gasteiger partial charge in [0.05, 0.1) is 0 Å². The van der Waals surface area contributed by atoms with Crippen molar-refractivity contribution in [2.75, 3.05) is 0 Å². The Morgan fingerprint density at radius 3 is 2.87 bits per heavy atom. The normalized spacial score (nSPS) is 11.1. The zero-order valence-electron chi connectivity index (χ0n) is 13.3. The van der Waals surface area contributed by atoms with Crippen LogP contribution in [0.5, 0.6) is 0 Å². The van der Waals surface area contributed by atoms with Crippen LogP contribution in [0.3, 0.4) is 0 Å². The first kappa shape index (κ1) is 16.7. The molecule has 0 radical (unpaired) electrons. The summed E-state index contributed by atoms with van der Waals surface area (Å²) in [6, 6.07) is 8.37. The van der Waals surface area contributed by atoms with Crippen LogP contribution < -0.4 is 0 Å². The molecule has 0 aliphatic carbocycles. The fourth-order valence-corrected chi connectivity index (χ4v) is 4.80. The van der Waals surface area contributed by atoms with Crippen molar-refractivity contribution in [2.45, 2.75) is 31.2 Å². The third-order valence-electron chi connectivity index (χ3n) is 3.79. The molecule has 0 fully saturated rings. The summed E-state index contributed by atoms with van der Waals surface area (Å²) in [5, 5.41) is 12.0. The highest BCUT2D eigenvalue weighted by Crippen LogP contribution is 2.32. The Balaban J connectivity index is 1.82. The van der Waals surface area contributed by atoms with E-state index >= 15 is 0 Å². The molecule has 0 amide bonds. The van der Waals surface area contributed by atoms with Gasteiger partial charge in [0.1, 0.15) is 0 Å². The molecule has 6 heteroatoms. The van der Waals surface area contributed by atoms with Gasteiger partial charge in [-0.2, -0.15) is 0 Å². The van der Waals surface area contributed by atoms with E-state index in [0.29, 0.717) is 0 Å². The van der Waals surface area contributed by atoms with Gasteiger partial charge in [-0.3, -0.25) is 0 Å². The predicted octanol–water partition coefficient (Wildman–Crippen LogP) is 5.47. The van der Waals surface area contributed by atoms with Gasteiger partial charge in [0.25, 0.3) is 0 Å². The lowest BCUT2D eigenvalue weighted by Crippen LogP contribution is -1.96. The van der Waals surface area contributed by atoms with E-state index < -0.39 is 0 Å². The lowest BCUT2D eigenvalue weighted by atomic mass is 10.1. The summed E-state index contributed by atoms with van der Waals surface area (Å²) >= 11 is 7.02. The van der Waals surface area contributed by atoms with Crippen molar-refractivity contribution in [1.82, 2.24) is 14.8 Å². The molecule has 120 valence electrons. The minimum absolute atomic E-state index is 0.884. The zero-order chi connectivity index (χ0) is 16.4. The maximum atomic E-state index is 4.43. The Hall–Kier alpha value is -1.11. The quantitative estimate of drug-likeness (QED) is 0.525. The smallest absolute Gasteiger partial charge is 0.191 e. The summed E-state index contributed by atoms with van der Waals surface area (Å²) in [4.78, 5) is 1.37. The maximum Gasteiger partial charge on any atom is 0.191 e. The minimum Gasteiger partial charge on any atom is -0.305 e. The van der Waals surface area contributed by atoms with Crippen LogP contribution in [-0.4, -0.2) is 14.8 Å². The summed E-state index contributed by atoms with van der Waals surface area (Å²) in [5.74, 6) is 1.84. The highest BCUT2D eigenvalue weighted by atomic mass is 79.9. The van der Waals surface area contributed by atoms with Crippen LogP contribution in [0.15, 0.2) is 39.3 Å². The van der Waals surface area contributed by atoms with Crippen molar-refractivity contribution in [3.05, 3.63) is 50.1 Å². The molecule has 0 bridgehead atoms. The summed E-state index contributed by atoms with van der Waals surface area (Å²) in [6.07, 6.45) is 1.03. The number of hydrogen-bond donors (Lipinski definition) is 0. The Morgan fingerprint density at radius 2 is 2.13 bits per heavy atom. The maximum absolute atomic E-state index is 4.43. The molecule has 1 aromatic carbocycles. The lowest BCUT2D eigenvalue weighted by molar-refractivity contribution is 0.793. The van der Waals surface area contributed by atoms with Crippen LogP contribution in [0.4, 0.5) is 0 Å². The summed E-state index contributed by atoms with van der Waals surface area (Å²) in [7, 11) is 2.05. The number of rotatable bonds is 5. The molecule has 3 aromatic rings. The predicted molar refractivity (Wildman–Crippen MR) is 102 cm³/mol. The van der Waals surface area contributed by atoms with Crippen molar-refractivity contribution < 1.29 is 0 Å². The monoisotopic (exact) mass is 407 g/mol. The van der Waals surface area contributed by atoms with Gasteiger partial charge in [0.15, 0.2) is 11.0 Å². The van der Waals surface area contributed by atoms with E-state index in [4.69, 9.17) is 0 Å². The van der Waals surface area contributed by atoms with Crippen LogP contribution in [0, 0.1) is 6.92 Å². The van der Waals surface area contributed by atoms with Crippen molar-refractivity contribution >= 4 is 39.0 Å². The van der Waals surface area contributed by atoms with Crippen LogP contribution in [0.25, 0.3) is 11.4 Å². The molecular formula is C17H18BrN3S2. The van der Waals surface area contributed by atoms with Crippen LogP contribution in [0.2, 0.25) is 0 Å². The average molecular weight is 408 g/mol. The van der Waals surface area contributed by atoms with Crippen LogP contribution >= 0.6 is 39.0 Å². The van der Waals surface area contributed by atoms with Gasteiger partial charge < -0.3 is 4.57 Å². The first-order valence-corrected chi connectivity index (χ1v) is 10.1. The minimum atomic E-state index is 0.884. The molecular weight excluding hydrogens is 390 g/mol. The molecule has 0 N–H and O–H groups in total. The van der Waals surface area contributed by atoms with E-state index in [1.54, 1.807) is 23.1 Å². The number of thioether (sulfide) groups is 1. The number of benzene rings is 1. The van der Waals surface area contributed by atoms with E-state index in [0.717, 1.165) is 27.6 Å². The molecule has 2 heterocycles. The number of aryl methyl sites for hydroxylation is 1. The van der Waals surface area contributed by atoms with Gasteiger partial charge in [-0.15, -0.1) is 21.5 Å². The summed E-state index contributed by atoms with van der Waals surface area (Å²) < 4.78 is 3.21. The van der Waals surface area contributed by atoms with E-state index in [9.17, 15) is 0 Å². The molecule has 3 rings (SSSR count). The van der Waals surface area contributed by atoms with E-state index in [1.165, 1.54) is 21.6 Å². The molecule has 0 spiro atoms. The van der Waals surface area contributed by atoms with Crippen molar-refractivity contribution in [2.24, 2.45) is 7.05 Å². The number of hydrogen-bond acceptors (Lipinski definition) is 4. The second-order valence-electron chi connectivity index (χ2n) is 5.32. The third-order valence-corrected chi connectivity index (χ3v) is 6.33. The van der Waals surface area contributed by atoms with E-state index in [1.807, 2.05) is 13.1 Å². The fourth-order valence-electron chi connectivity index (χ4n) is 2.56. The first-order valence-electron chi connectivity index (χ1n) is 7.44. The van der Waals surface area contributed by atoms with Crippen LogP contribution in [-0.2, 0) is 19.2 Å². The SMILES string of the molecule is CCc1c(-c2nnc(SCc3cccc(Br)c3)n2C)csc1C. The van der Waals surface area contributed by atoms with E-state index in [2.05, 4.69) is 68.1 Å². The van der Waals surface area contributed by atoms with Gasteiger partial charge in [-0.25, -0.2) is 0 Å². The molecule has 0 atom stereocenters. The highest BCUT2D eigenvalue weighted by Gasteiger charge is 2.16. The van der Waals surface area contributed by atoms with Gasteiger partial charge in [-0.05, 0) is 36.6 Å². The van der Waals surface area contributed by atoms with Crippen LogP contribution in [0.1, 0.15) is 22.9 Å². The Morgan fingerprint density at radius 1 is 1.30 bits per heavy atom. The zero-order valence-corrected chi connectivity index (χ0v) is 16.6. The Labute approximate surface area is 153 Å². The molecule has 23 heavy (non-hydrogen) atoms. The topological polar surface area (TPSA) is 30.7 Å². The van der Waals surface area contributed by atoms with Gasteiger partial charge >= 0.3 is 0 Å². The summed E-state index contributed by atoms with van der Waals surface area (Å²) in [6.45, 7) is 4.37. The first-order chi connectivity index (χ1) is 11.1. The Bertz CT molecular complexity index is 823. The molecule has 3 nitrogen and oxygen atoms in total. The average Bonchev–Trinajstić information content (AvgIpc) is 3.08. The summed E-state index contributed by atoms with van der Waals surface area (Å²) in [5.41, 5.74) is 3.88. The van der Waals surface area contributed by atoms with Gasteiger partial charge in [-0.1, -0.05) is 46.7 Å². The van der Waals surface area contributed by atoms with Gasteiger partial charge in [0, 0.05) is 33.1 Å². The molecule has 0 saturated heterocycles. The Kier molecular flexibility index (Phi) is 5.24.